The van der Waals surface area contributed by atoms with Gasteiger partial charge >= 0.3 is 0 Å². The third-order valence-corrected chi connectivity index (χ3v) is 3.55. The van der Waals surface area contributed by atoms with Crippen LogP contribution in [0.3, 0.4) is 0 Å². The molecule has 104 valence electrons. The molecule has 0 saturated heterocycles. The van der Waals surface area contributed by atoms with Crippen LogP contribution in [0.1, 0.15) is 21.7 Å². The minimum absolute atomic E-state index is 0.232. The van der Waals surface area contributed by atoms with E-state index in [1.807, 2.05) is 0 Å². The summed E-state index contributed by atoms with van der Waals surface area (Å²) in [6.45, 7) is 3.50. The van der Waals surface area contributed by atoms with E-state index in [4.69, 9.17) is 34.8 Å². The Labute approximate surface area is 131 Å². The van der Waals surface area contributed by atoms with Gasteiger partial charge in [0.25, 0.3) is 5.91 Å². The van der Waals surface area contributed by atoms with Crippen LogP contribution in [0.4, 0.5) is 5.82 Å². The van der Waals surface area contributed by atoms with Crippen molar-refractivity contribution in [3.05, 3.63) is 50.3 Å². The number of carbonyl (C=O) groups is 1. The van der Waals surface area contributed by atoms with Gasteiger partial charge in [0.1, 0.15) is 0 Å². The number of aryl methyl sites for hydroxylation is 2. The van der Waals surface area contributed by atoms with E-state index < -0.39 is 5.91 Å². The lowest BCUT2D eigenvalue weighted by molar-refractivity contribution is 0.102. The zero-order valence-electron chi connectivity index (χ0n) is 10.7. The molecule has 7 heteroatoms. The second-order valence-corrected chi connectivity index (χ2v) is 5.37. The van der Waals surface area contributed by atoms with Gasteiger partial charge in [0.05, 0.1) is 26.3 Å². The average molecular weight is 331 g/mol. The lowest BCUT2D eigenvalue weighted by Crippen LogP contribution is -2.14. The van der Waals surface area contributed by atoms with Crippen molar-refractivity contribution in [1.29, 1.82) is 0 Å². The van der Waals surface area contributed by atoms with E-state index in [2.05, 4.69) is 15.3 Å². The topological polar surface area (TPSA) is 54.9 Å². The number of hydrogen-bond acceptors (Lipinski definition) is 3. The van der Waals surface area contributed by atoms with Crippen LogP contribution in [0, 0.1) is 13.8 Å². The minimum atomic E-state index is -0.432. The summed E-state index contributed by atoms with van der Waals surface area (Å²) >= 11 is 17.9. The summed E-state index contributed by atoms with van der Waals surface area (Å²) in [6, 6.07) is 3.13. The van der Waals surface area contributed by atoms with Crippen LogP contribution in [-0.2, 0) is 0 Å². The third-order valence-electron chi connectivity index (χ3n) is 2.57. The van der Waals surface area contributed by atoms with Gasteiger partial charge in [-0.1, -0.05) is 34.8 Å². The Hall–Kier alpha value is -1.36. The van der Waals surface area contributed by atoms with Gasteiger partial charge in [-0.25, -0.2) is 4.98 Å². The summed E-state index contributed by atoms with van der Waals surface area (Å²) in [5, 5.41) is 3.59. The highest BCUT2D eigenvalue weighted by atomic mass is 35.5. The van der Waals surface area contributed by atoms with E-state index in [9.17, 15) is 4.79 Å². The molecule has 0 bridgehead atoms. The second kappa shape index (κ2) is 5.95. The molecule has 2 rings (SSSR count). The van der Waals surface area contributed by atoms with Crippen molar-refractivity contribution in [3.63, 3.8) is 0 Å². The molecule has 0 aliphatic carbocycles. The Morgan fingerprint density at radius 1 is 1.10 bits per heavy atom. The molecule has 0 aliphatic heterocycles. The van der Waals surface area contributed by atoms with E-state index in [1.165, 1.54) is 12.3 Å². The van der Waals surface area contributed by atoms with Gasteiger partial charge in [-0.2, -0.15) is 0 Å². The largest absolute Gasteiger partial charge is 0.305 e. The summed E-state index contributed by atoms with van der Waals surface area (Å²) in [6.07, 6.45) is 1.41. The van der Waals surface area contributed by atoms with Gasteiger partial charge in [0, 0.05) is 11.9 Å². The third kappa shape index (κ3) is 3.20. The molecule has 0 spiro atoms. The molecule has 2 heterocycles. The fourth-order valence-electron chi connectivity index (χ4n) is 1.51. The van der Waals surface area contributed by atoms with Crippen molar-refractivity contribution >= 4 is 46.5 Å². The predicted octanol–water partition coefficient (Wildman–Crippen LogP) is 4.31. The van der Waals surface area contributed by atoms with Gasteiger partial charge in [-0.3, -0.25) is 9.78 Å². The molecule has 2 aromatic heterocycles. The number of aromatic nitrogens is 2. The maximum Gasteiger partial charge on any atom is 0.259 e. The van der Waals surface area contributed by atoms with Gasteiger partial charge < -0.3 is 5.32 Å². The SMILES string of the molecule is Cc1cc(Cl)c(C(=O)Nc2nc(C)c(Cl)cc2Cl)cn1. The molecular weight excluding hydrogens is 321 g/mol. The van der Waals surface area contributed by atoms with E-state index in [0.29, 0.717) is 15.7 Å². The lowest BCUT2D eigenvalue weighted by atomic mass is 10.2. The highest BCUT2D eigenvalue weighted by molar-refractivity contribution is 6.37. The van der Waals surface area contributed by atoms with Crippen LogP contribution in [0.2, 0.25) is 15.1 Å². The Balaban J connectivity index is 2.30. The molecule has 0 fully saturated rings. The van der Waals surface area contributed by atoms with Crippen LogP contribution >= 0.6 is 34.8 Å². The zero-order valence-corrected chi connectivity index (χ0v) is 12.9. The molecule has 0 radical (unpaired) electrons. The monoisotopic (exact) mass is 329 g/mol. The van der Waals surface area contributed by atoms with Crippen molar-refractivity contribution in [2.75, 3.05) is 5.32 Å². The van der Waals surface area contributed by atoms with Gasteiger partial charge in [-0.05, 0) is 26.0 Å². The summed E-state index contributed by atoms with van der Waals surface area (Å²) in [7, 11) is 0. The molecule has 0 aromatic carbocycles. The normalized spacial score (nSPS) is 10.4. The average Bonchev–Trinajstić information content (AvgIpc) is 2.35. The van der Waals surface area contributed by atoms with Crippen molar-refractivity contribution in [1.82, 2.24) is 9.97 Å². The number of pyridine rings is 2. The molecule has 2 aromatic rings. The lowest BCUT2D eigenvalue weighted by Gasteiger charge is -2.09. The molecule has 4 nitrogen and oxygen atoms in total. The number of rotatable bonds is 2. The first-order chi connectivity index (χ1) is 9.38. The second-order valence-electron chi connectivity index (χ2n) is 4.15. The Kier molecular flexibility index (Phi) is 4.48. The highest BCUT2D eigenvalue weighted by Crippen LogP contribution is 2.26. The van der Waals surface area contributed by atoms with E-state index in [-0.39, 0.29) is 16.4 Å². The van der Waals surface area contributed by atoms with Crippen molar-refractivity contribution < 1.29 is 4.79 Å². The van der Waals surface area contributed by atoms with Crippen LogP contribution in [0.5, 0.6) is 0 Å². The van der Waals surface area contributed by atoms with Gasteiger partial charge in [0.2, 0.25) is 0 Å². The summed E-state index contributed by atoms with van der Waals surface area (Å²) in [4.78, 5) is 20.3. The Morgan fingerprint density at radius 3 is 2.45 bits per heavy atom. The van der Waals surface area contributed by atoms with E-state index in [1.54, 1.807) is 19.9 Å². The van der Waals surface area contributed by atoms with Crippen LogP contribution in [0.15, 0.2) is 18.3 Å². The van der Waals surface area contributed by atoms with E-state index in [0.717, 1.165) is 5.69 Å². The molecule has 0 saturated carbocycles. The Bertz CT molecular complexity index is 689. The van der Waals surface area contributed by atoms with Crippen molar-refractivity contribution in [2.45, 2.75) is 13.8 Å². The maximum atomic E-state index is 12.1. The quantitative estimate of drug-likeness (QED) is 0.893. The van der Waals surface area contributed by atoms with Crippen molar-refractivity contribution in [2.24, 2.45) is 0 Å². The minimum Gasteiger partial charge on any atom is -0.305 e. The molecule has 20 heavy (non-hydrogen) atoms. The number of amides is 1. The zero-order chi connectivity index (χ0) is 14.9. The maximum absolute atomic E-state index is 12.1. The number of carbonyl (C=O) groups excluding carboxylic acids is 1. The summed E-state index contributed by atoms with van der Waals surface area (Å²) < 4.78 is 0. The highest BCUT2D eigenvalue weighted by Gasteiger charge is 2.14. The Morgan fingerprint density at radius 2 is 1.80 bits per heavy atom. The van der Waals surface area contributed by atoms with Gasteiger partial charge in [-0.15, -0.1) is 0 Å². The number of halogens is 3. The fraction of sp³-hybridized carbons (Fsp3) is 0.154. The summed E-state index contributed by atoms with van der Waals surface area (Å²) in [5.74, 6) is -0.200. The summed E-state index contributed by atoms with van der Waals surface area (Å²) in [5.41, 5.74) is 1.55. The van der Waals surface area contributed by atoms with Crippen LogP contribution in [0.25, 0.3) is 0 Å². The number of nitrogens with one attached hydrogen (secondary N) is 1. The van der Waals surface area contributed by atoms with Crippen molar-refractivity contribution in [3.8, 4) is 0 Å². The smallest absolute Gasteiger partial charge is 0.259 e. The van der Waals surface area contributed by atoms with Crippen LogP contribution < -0.4 is 5.32 Å². The number of nitrogens with zero attached hydrogens (tertiary/aromatic N) is 2. The molecule has 0 unspecified atom stereocenters. The molecule has 1 N–H and O–H groups in total. The molecule has 0 atom stereocenters. The van der Waals surface area contributed by atoms with Crippen LogP contribution in [-0.4, -0.2) is 15.9 Å². The number of hydrogen-bond donors (Lipinski definition) is 1. The molecular formula is C13H10Cl3N3O. The molecule has 1 amide bonds. The predicted molar refractivity (Wildman–Crippen MR) is 80.9 cm³/mol. The van der Waals surface area contributed by atoms with E-state index >= 15 is 0 Å². The first-order valence-corrected chi connectivity index (χ1v) is 6.78. The first kappa shape index (κ1) is 15.0. The standard InChI is InChI=1S/C13H10Cl3N3O/c1-6-3-10(15)8(5-17-6)13(20)19-12-11(16)4-9(14)7(2)18-12/h3-5H,1-2H3,(H,18,19,20). The fourth-order valence-corrected chi connectivity index (χ4v) is 2.21. The number of anilines is 1. The molecule has 0 aliphatic rings. The first-order valence-electron chi connectivity index (χ1n) is 5.64. The van der Waals surface area contributed by atoms with Gasteiger partial charge in [0.15, 0.2) is 5.82 Å².